The van der Waals surface area contributed by atoms with Crippen molar-refractivity contribution in [3.8, 4) is 11.8 Å². The summed E-state index contributed by atoms with van der Waals surface area (Å²) in [5.41, 5.74) is 12.1. The number of hydrogen-bond donors (Lipinski definition) is 2. The van der Waals surface area contributed by atoms with Gasteiger partial charge in [-0.1, -0.05) is 37.8 Å². The Hall–Kier alpha value is -3.34. The second-order valence-corrected chi connectivity index (χ2v) is 10.6. The van der Waals surface area contributed by atoms with Gasteiger partial charge in [-0.15, -0.1) is 13.2 Å². The molecule has 0 aliphatic heterocycles. The van der Waals surface area contributed by atoms with Crippen molar-refractivity contribution in [3.63, 3.8) is 0 Å². The molecule has 2 aromatic carbocycles. The van der Waals surface area contributed by atoms with Gasteiger partial charge in [0.2, 0.25) is 12.3 Å². The van der Waals surface area contributed by atoms with E-state index in [1.54, 1.807) is 36.4 Å². The lowest BCUT2D eigenvalue weighted by Gasteiger charge is -2.25. The first-order chi connectivity index (χ1) is 18.9. The highest BCUT2D eigenvalue weighted by molar-refractivity contribution is 7.99. The van der Waals surface area contributed by atoms with E-state index in [1.165, 1.54) is 19.8 Å². The molecular formula is C33H48N2O4S. The number of nitrogens with two attached hydrogens (primary N) is 2. The topological polar surface area (TPSA) is 112 Å². The third-order valence-corrected chi connectivity index (χ3v) is 6.34. The first-order valence-corrected chi connectivity index (χ1v) is 14.6. The zero-order chi connectivity index (χ0) is 31.3. The van der Waals surface area contributed by atoms with Gasteiger partial charge in [0, 0.05) is 27.5 Å². The summed E-state index contributed by atoms with van der Waals surface area (Å²) >= 11 is 2.00. The lowest BCUT2D eigenvalue weighted by Crippen LogP contribution is -2.25. The molecule has 3 unspecified atom stereocenters. The Bertz CT molecular complexity index is 1000. The lowest BCUT2D eigenvalue weighted by atomic mass is 10.1. The molecule has 1 saturated carbocycles. The summed E-state index contributed by atoms with van der Waals surface area (Å²) in [5, 5.41) is 0.922. The number of rotatable bonds is 6. The van der Waals surface area contributed by atoms with Crippen molar-refractivity contribution < 1.29 is 19.1 Å². The summed E-state index contributed by atoms with van der Waals surface area (Å²) < 4.78 is 5.87. The van der Waals surface area contributed by atoms with Gasteiger partial charge in [0.05, 0.1) is 11.7 Å². The Morgan fingerprint density at radius 3 is 1.73 bits per heavy atom. The molecule has 0 saturated heterocycles. The lowest BCUT2D eigenvalue weighted by molar-refractivity contribution is -0.106. The van der Waals surface area contributed by atoms with Crippen molar-refractivity contribution in [2.24, 2.45) is 17.4 Å². The van der Waals surface area contributed by atoms with E-state index in [-0.39, 0.29) is 17.8 Å². The van der Waals surface area contributed by atoms with Gasteiger partial charge in [0.15, 0.2) is 5.78 Å². The van der Waals surface area contributed by atoms with E-state index in [9.17, 15) is 9.59 Å². The second-order valence-electron chi connectivity index (χ2n) is 9.51. The van der Waals surface area contributed by atoms with Gasteiger partial charge < -0.3 is 16.2 Å². The fourth-order valence-corrected chi connectivity index (χ4v) is 4.42. The maximum absolute atomic E-state index is 11.1. The molecule has 0 bridgehead atoms. The van der Waals surface area contributed by atoms with Gasteiger partial charge in [0.25, 0.3) is 0 Å². The monoisotopic (exact) mass is 568 g/mol. The Labute approximate surface area is 246 Å². The second kappa shape index (κ2) is 21.5. The SMILES string of the molecule is C=C.CC.CC(=O)c1ccc(C#Cc2ccc(C(N)=O)cc2)cc1.CSC1CC1CC(C)OC(C)(C)C.NC=O. The van der Waals surface area contributed by atoms with Gasteiger partial charge in [-0.2, -0.15) is 11.8 Å². The summed E-state index contributed by atoms with van der Waals surface area (Å²) in [4.78, 5) is 30.7. The maximum Gasteiger partial charge on any atom is 0.248 e. The van der Waals surface area contributed by atoms with E-state index >= 15 is 0 Å². The Kier molecular flexibility index (Phi) is 20.8. The van der Waals surface area contributed by atoms with Gasteiger partial charge >= 0.3 is 0 Å². The van der Waals surface area contributed by atoms with Gasteiger partial charge in [0.1, 0.15) is 0 Å². The van der Waals surface area contributed by atoms with Crippen molar-refractivity contribution in [3.05, 3.63) is 83.9 Å². The fourth-order valence-electron chi connectivity index (χ4n) is 3.48. The molecule has 3 atom stereocenters. The predicted octanol–water partition coefficient (Wildman–Crippen LogP) is 6.65. The summed E-state index contributed by atoms with van der Waals surface area (Å²) in [5.74, 6) is 6.49. The van der Waals surface area contributed by atoms with Gasteiger partial charge in [-0.05, 0) is 96.0 Å². The minimum Gasteiger partial charge on any atom is -0.373 e. The van der Waals surface area contributed by atoms with E-state index in [2.05, 4.69) is 64.7 Å². The molecule has 1 fully saturated rings. The van der Waals surface area contributed by atoms with Crippen LogP contribution in [-0.2, 0) is 9.53 Å². The number of amides is 2. The zero-order valence-electron chi connectivity index (χ0n) is 25.5. The molecule has 7 heteroatoms. The number of carbonyl (C=O) groups excluding carboxylic acids is 3. The smallest absolute Gasteiger partial charge is 0.248 e. The van der Waals surface area contributed by atoms with Crippen molar-refractivity contribution in [2.75, 3.05) is 6.26 Å². The number of benzene rings is 2. The number of ether oxygens (including phenoxy) is 1. The number of primary amides is 2. The van der Waals surface area contributed by atoms with Crippen LogP contribution in [0.2, 0.25) is 0 Å². The Morgan fingerprint density at radius 1 is 1.02 bits per heavy atom. The highest BCUT2D eigenvalue weighted by Gasteiger charge is 2.37. The summed E-state index contributed by atoms with van der Waals surface area (Å²) in [7, 11) is 0. The molecule has 0 heterocycles. The van der Waals surface area contributed by atoms with Gasteiger partial charge in [-0.25, -0.2) is 0 Å². The van der Waals surface area contributed by atoms with Crippen LogP contribution < -0.4 is 11.5 Å². The average molecular weight is 569 g/mol. The van der Waals surface area contributed by atoms with E-state index in [1.807, 2.05) is 37.7 Å². The van der Waals surface area contributed by atoms with Crippen LogP contribution in [0.1, 0.15) is 93.2 Å². The average Bonchev–Trinajstić information content (AvgIpc) is 3.67. The number of carbonyl (C=O) groups is 3. The molecule has 2 amide bonds. The third kappa shape index (κ3) is 18.0. The molecule has 1 aliphatic carbocycles. The Balaban J connectivity index is 0. The molecule has 0 radical (unpaired) electrons. The maximum atomic E-state index is 11.1. The van der Waals surface area contributed by atoms with Crippen molar-refractivity contribution in [2.45, 2.75) is 78.3 Å². The van der Waals surface area contributed by atoms with Crippen LogP contribution in [0.25, 0.3) is 0 Å². The van der Waals surface area contributed by atoms with E-state index in [0.717, 1.165) is 22.3 Å². The molecule has 0 aromatic heterocycles. The molecule has 220 valence electrons. The number of ketones is 1. The molecule has 0 spiro atoms. The molecule has 3 rings (SSSR count). The number of hydrogen-bond acceptors (Lipinski definition) is 5. The predicted molar refractivity (Wildman–Crippen MR) is 171 cm³/mol. The fraction of sp³-hybridized carbons (Fsp3) is 0.424. The minimum atomic E-state index is -0.454. The van der Waals surface area contributed by atoms with E-state index < -0.39 is 5.91 Å². The normalized spacial score (nSPS) is 15.1. The standard InChI is InChI=1S/C17H13NO2.C11H22OS.C2H6.C2H4.CH3NO/c1-12(19)15-8-4-13(5-9-15)2-3-14-6-10-16(11-7-14)17(18)20;1-8(12-11(2,3)4)6-9-7-10(9)13-5;2*1-2;2-1-3/h4-11H,1H3,(H2,18,20);8-10H,6-7H2,1-5H3;1-2H3;1-2H2;1H,(H2,2,3). The van der Waals surface area contributed by atoms with Crippen LogP contribution in [0.15, 0.2) is 61.7 Å². The third-order valence-electron chi connectivity index (χ3n) is 5.16. The molecule has 6 nitrogen and oxygen atoms in total. The Morgan fingerprint density at radius 2 is 1.43 bits per heavy atom. The summed E-state index contributed by atoms with van der Waals surface area (Å²) in [6.45, 7) is 20.1. The van der Waals surface area contributed by atoms with E-state index in [0.29, 0.717) is 17.2 Å². The highest BCUT2D eigenvalue weighted by Crippen LogP contribution is 2.43. The van der Waals surface area contributed by atoms with Crippen LogP contribution in [0.5, 0.6) is 0 Å². The largest absolute Gasteiger partial charge is 0.373 e. The minimum absolute atomic E-state index is 0.0170. The first kappa shape index (κ1) is 38.8. The molecule has 1 aliphatic rings. The zero-order valence-corrected chi connectivity index (χ0v) is 26.3. The van der Waals surface area contributed by atoms with Crippen LogP contribution in [0.4, 0.5) is 0 Å². The molecule has 2 aromatic rings. The first-order valence-electron chi connectivity index (χ1n) is 13.3. The molecule has 4 N–H and O–H groups in total. The number of thioether (sulfide) groups is 1. The highest BCUT2D eigenvalue weighted by atomic mass is 32.2. The van der Waals surface area contributed by atoms with Crippen molar-refractivity contribution in [1.82, 2.24) is 0 Å². The molecular weight excluding hydrogens is 520 g/mol. The van der Waals surface area contributed by atoms with Crippen LogP contribution in [0, 0.1) is 17.8 Å². The molecule has 40 heavy (non-hydrogen) atoms. The quantitative estimate of drug-likeness (QED) is 0.175. The summed E-state index contributed by atoms with van der Waals surface area (Å²) in [6.07, 6.45) is 5.52. The number of Topliss-reactive ketones (excluding diaryl/α,β-unsaturated/α-hetero) is 1. The van der Waals surface area contributed by atoms with Crippen LogP contribution in [0.3, 0.4) is 0 Å². The van der Waals surface area contributed by atoms with Crippen LogP contribution >= 0.6 is 11.8 Å². The van der Waals surface area contributed by atoms with Crippen LogP contribution in [-0.4, -0.2) is 41.3 Å². The van der Waals surface area contributed by atoms with Crippen molar-refractivity contribution in [1.29, 1.82) is 0 Å². The van der Waals surface area contributed by atoms with Gasteiger partial charge in [-0.3, -0.25) is 14.4 Å². The van der Waals surface area contributed by atoms with Crippen molar-refractivity contribution >= 4 is 29.9 Å². The van der Waals surface area contributed by atoms with E-state index in [4.69, 9.17) is 15.3 Å². The summed E-state index contributed by atoms with van der Waals surface area (Å²) in [6, 6.07) is 13.9.